The van der Waals surface area contributed by atoms with Crippen molar-refractivity contribution in [2.24, 2.45) is 46.3 Å². The van der Waals surface area contributed by atoms with E-state index in [0.29, 0.717) is 30.5 Å². The van der Waals surface area contributed by atoms with E-state index in [1.165, 1.54) is 11.3 Å². The van der Waals surface area contributed by atoms with Gasteiger partial charge in [-0.3, -0.25) is 14.4 Å². The molecule has 0 radical (unpaired) electrons. The lowest BCUT2D eigenvalue weighted by Crippen LogP contribution is -2.53. The van der Waals surface area contributed by atoms with Crippen molar-refractivity contribution in [1.29, 1.82) is 0 Å². The molecule has 4 nitrogen and oxygen atoms in total. The first-order valence-corrected chi connectivity index (χ1v) is 15.1. The van der Waals surface area contributed by atoms with Crippen LogP contribution < -0.4 is 5.32 Å². The number of ketones is 2. The van der Waals surface area contributed by atoms with Crippen molar-refractivity contribution in [3.8, 4) is 0 Å². The molecular formula is C31H40ClNO3S. The van der Waals surface area contributed by atoms with Gasteiger partial charge in [-0.15, -0.1) is 11.3 Å². The highest BCUT2D eigenvalue weighted by molar-refractivity contribution is 7.16. The van der Waals surface area contributed by atoms with E-state index < -0.39 is 0 Å². The Kier molecular flexibility index (Phi) is 7.11. The average Bonchev–Trinajstić information content (AvgIpc) is 3.41. The van der Waals surface area contributed by atoms with Gasteiger partial charge in [0.25, 0.3) is 0 Å². The second-order valence-corrected chi connectivity index (χ2v) is 14.7. The first-order valence-electron chi connectivity index (χ1n) is 14.0. The molecule has 4 aliphatic carbocycles. The molecule has 8 atom stereocenters. The smallest absolute Gasteiger partial charge is 0.220 e. The molecule has 0 aromatic carbocycles. The predicted octanol–water partition coefficient (Wildman–Crippen LogP) is 7.34. The maximum atomic E-state index is 13.5. The molecule has 0 bridgehead atoms. The summed E-state index contributed by atoms with van der Waals surface area (Å²) in [6.07, 6.45) is 10.6. The zero-order valence-electron chi connectivity index (χ0n) is 22.7. The van der Waals surface area contributed by atoms with Crippen LogP contribution in [0.1, 0.15) is 84.1 Å². The molecule has 2 unspecified atom stereocenters. The van der Waals surface area contributed by atoms with E-state index in [0.717, 1.165) is 40.5 Å². The van der Waals surface area contributed by atoms with E-state index in [9.17, 15) is 14.4 Å². The summed E-state index contributed by atoms with van der Waals surface area (Å²) < 4.78 is 0.743. The number of hydrogen-bond acceptors (Lipinski definition) is 4. The van der Waals surface area contributed by atoms with Crippen molar-refractivity contribution in [3.05, 3.63) is 45.1 Å². The zero-order valence-corrected chi connectivity index (χ0v) is 24.3. The molecule has 1 aromatic heterocycles. The van der Waals surface area contributed by atoms with Gasteiger partial charge in [0.05, 0.1) is 10.4 Å². The number of amides is 1. The van der Waals surface area contributed by atoms with Crippen molar-refractivity contribution >= 4 is 40.4 Å². The van der Waals surface area contributed by atoms with E-state index in [1.54, 1.807) is 12.2 Å². The summed E-state index contributed by atoms with van der Waals surface area (Å²) in [5.74, 6) is 2.08. The van der Waals surface area contributed by atoms with Gasteiger partial charge in [0.1, 0.15) is 5.78 Å². The summed E-state index contributed by atoms with van der Waals surface area (Å²) in [5.41, 5.74) is 0.899. The Hall–Kier alpha value is -1.72. The minimum Gasteiger partial charge on any atom is -0.348 e. The van der Waals surface area contributed by atoms with Crippen molar-refractivity contribution < 1.29 is 14.4 Å². The first kappa shape index (κ1) is 26.9. The third-order valence-electron chi connectivity index (χ3n) is 10.5. The number of nitrogens with one attached hydrogen (secondary N) is 1. The zero-order chi connectivity index (χ0) is 26.7. The largest absolute Gasteiger partial charge is 0.348 e. The molecule has 6 heteroatoms. The van der Waals surface area contributed by atoms with Crippen LogP contribution in [0.3, 0.4) is 0 Å². The maximum absolute atomic E-state index is 13.5. The normalized spacial score (nSPS) is 36.5. The van der Waals surface area contributed by atoms with Gasteiger partial charge in [-0.1, -0.05) is 52.3 Å². The summed E-state index contributed by atoms with van der Waals surface area (Å²) in [4.78, 5) is 39.9. The molecule has 37 heavy (non-hydrogen) atoms. The predicted molar refractivity (Wildman–Crippen MR) is 149 cm³/mol. The van der Waals surface area contributed by atoms with Crippen LogP contribution in [0.4, 0.5) is 0 Å². The number of rotatable bonds is 6. The highest BCUT2D eigenvalue weighted by Gasteiger charge is 2.61. The number of hydrogen-bond donors (Lipinski definition) is 1. The lowest BCUT2D eigenvalue weighted by atomic mass is 9.47. The van der Waals surface area contributed by atoms with Crippen LogP contribution in [0.15, 0.2) is 35.9 Å². The Labute approximate surface area is 230 Å². The molecule has 1 heterocycles. The molecule has 200 valence electrons. The van der Waals surface area contributed by atoms with Gasteiger partial charge >= 0.3 is 0 Å². The van der Waals surface area contributed by atoms with Crippen molar-refractivity contribution in [2.75, 3.05) is 0 Å². The second kappa shape index (κ2) is 9.79. The topological polar surface area (TPSA) is 63.2 Å². The molecule has 0 saturated heterocycles. The van der Waals surface area contributed by atoms with E-state index in [1.807, 2.05) is 12.1 Å². The fourth-order valence-corrected chi connectivity index (χ4v) is 9.90. The van der Waals surface area contributed by atoms with Crippen LogP contribution in [0, 0.1) is 46.3 Å². The Morgan fingerprint density at radius 3 is 2.57 bits per heavy atom. The van der Waals surface area contributed by atoms with Crippen LogP contribution in [0.25, 0.3) is 0 Å². The summed E-state index contributed by atoms with van der Waals surface area (Å²) >= 11 is 7.70. The van der Waals surface area contributed by atoms with Gasteiger partial charge in [0.15, 0.2) is 5.78 Å². The molecule has 0 spiro atoms. The molecular weight excluding hydrogens is 502 g/mol. The first-order chi connectivity index (χ1) is 17.4. The van der Waals surface area contributed by atoms with Crippen LogP contribution >= 0.6 is 22.9 Å². The number of allylic oxidation sites excluding steroid dienone is 4. The Bertz CT molecular complexity index is 1170. The molecule has 0 aliphatic heterocycles. The van der Waals surface area contributed by atoms with Gasteiger partial charge in [-0.05, 0) is 90.5 Å². The molecule has 1 amide bonds. The number of carbonyl (C=O) groups excluding carboxylic acids is 3. The van der Waals surface area contributed by atoms with E-state index >= 15 is 0 Å². The number of Topliss-reactive ketones (excluding diaryl/α,β-unsaturated/α-hetero) is 1. The fraction of sp³-hybridized carbons (Fsp3) is 0.645. The Morgan fingerprint density at radius 2 is 1.89 bits per heavy atom. The molecule has 1 N–H and O–H groups in total. The van der Waals surface area contributed by atoms with Gasteiger partial charge < -0.3 is 5.32 Å². The number of fused-ring (bicyclic) bond motifs is 5. The summed E-state index contributed by atoms with van der Waals surface area (Å²) in [6.45, 7) is 11.1. The maximum Gasteiger partial charge on any atom is 0.220 e. The quantitative estimate of drug-likeness (QED) is 0.409. The minimum absolute atomic E-state index is 0.00860. The number of thiophene rings is 1. The Balaban J connectivity index is 1.30. The second-order valence-electron chi connectivity index (χ2n) is 12.9. The molecule has 3 fully saturated rings. The molecule has 5 rings (SSSR count). The van der Waals surface area contributed by atoms with Crippen LogP contribution in [-0.2, 0) is 14.4 Å². The van der Waals surface area contributed by atoms with Gasteiger partial charge in [0, 0.05) is 29.1 Å². The van der Waals surface area contributed by atoms with Gasteiger partial charge in [-0.25, -0.2) is 0 Å². The monoisotopic (exact) mass is 541 g/mol. The third-order valence-corrected chi connectivity index (χ3v) is 11.8. The van der Waals surface area contributed by atoms with Crippen LogP contribution in [0.5, 0.6) is 0 Å². The summed E-state index contributed by atoms with van der Waals surface area (Å²) in [5, 5.41) is 3.29. The van der Waals surface area contributed by atoms with Gasteiger partial charge in [0.2, 0.25) is 5.91 Å². The van der Waals surface area contributed by atoms with Crippen molar-refractivity contribution in [1.82, 2.24) is 5.32 Å². The lowest BCUT2D eigenvalue weighted by Gasteiger charge is -2.56. The van der Waals surface area contributed by atoms with E-state index in [4.69, 9.17) is 11.6 Å². The number of carbonyl (C=O) groups is 3. The minimum atomic E-state index is -0.187. The third kappa shape index (κ3) is 4.58. The molecule has 3 saturated carbocycles. The fourth-order valence-electron chi connectivity index (χ4n) is 8.61. The van der Waals surface area contributed by atoms with Gasteiger partial charge in [-0.2, -0.15) is 0 Å². The van der Waals surface area contributed by atoms with Crippen LogP contribution in [0.2, 0.25) is 4.34 Å². The number of halogens is 1. The van der Waals surface area contributed by atoms with Crippen LogP contribution in [-0.4, -0.2) is 17.5 Å². The lowest BCUT2D eigenvalue weighted by molar-refractivity contribution is -0.138. The van der Waals surface area contributed by atoms with E-state index in [-0.39, 0.29) is 52.2 Å². The standard InChI is InChI=1S/C31H40ClNO3S/c1-17(2)29(25-8-9-26(32)37-25)33-27(36)14-18(3)21-6-7-22-28-23(11-13-31(21,22)5)30(4)12-10-20(34)15-19(30)16-24(28)35/h8-10,12,15,17-18,21-23,28-29H,6-7,11,13-14,16H2,1-5H3,(H,33,36)/t18-,21?,22+,23+,28+,29?,30+,31-/m1/s1. The SMILES string of the molecule is CC(C)C(NC(=O)C[C@@H](C)C1CC[C@H]2[C@@H]3C(=O)CC4=CC(=O)C=C[C@]4(C)[C@H]3CC[C@]12C)c1ccc(Cl)s1. The molecule has 1 aromatic rings. The van der Waals surface area contributed by atoms with Crippen molar-refractivity contribution in [3.63, 3.8) is 0 Å². The molecule has 4 aliphatic rings. The average molecular weight is 542 g/mol. The summed E-state index contributed by atoms with van der Waals surface area (Å²) in [6, 6.07) is 3.88. The highest BCUT2D eigenvalue weighted by atomic mass is 35.5. The highest BCUT2D eigenvalue weighted by Crippen LogP contribution is 2.66. The Morgan fingerprint density at radius 1 is 1.14 bits per heavy atom. The van der Waals surface area contributed by atoms with Crippen molar-refractivity contribution in [2.45, 2.75) is 79.2 Å². The van der Waals surface area contributed by atoms with E-state index in [2.05, 4.69) is 46.0 Å². The summed E-state index contributed by atoms with van der Waals surface area (Å²) in [7, 11) is 0.